The molecule has 0 fully saturated rings. The lowest BCUT2D eigenvalue weighted by Crippen LogP contribution is -2.30. The fourth-order valence-electron chi connectivity index (χ4n) is 1.60. The van der Waals surface area contributed by atoms with Crippen LogP contribution in [0, 0.1) is 0 Å². The first-order chi connectivity index (χ1) is 8.54. The van der Waals surface area contributed by atoms with Crippen LogP contribution >= 0.6 is 19.2 Å². The Hall–Kier alpha value is -0.380. The van der Waals surface area contributed by atoms with Gasteiger partial charge in [-0.15, -0.1) is 11.6 Å². The predicted molar refractivity (Wildman–Crippen MR) is 71.9 cm³/mol. The molecule has 0 aliphatic carbocycles. The van der Waals surface area contributed by atoms with E-state index in [4.69, 9.17) is 20.6 Å². The number of halogens is 1. The van der Waals surface area contributed by atoms with Gasteiger partial charge in [0, 0.05) is 0 Å². The lowest BCUT2D eigenvalue weighted by atomic mass is 10.1. The molecule has 0 heterocycles. The lowest BCUT2D eigenvalue weighted by Gasteiger charge is -2.33. The van der Waals surface area contributed by atoms with Gasteiger partial charge in [-0.25, -0.2) is 0 Å². The van der Waals surface area contributed by atoms with Crippen LogP contribution in [0.1, 0.15) is 19.4 Å². The van der Waals surface area contributed by atoms with Crippen LogP contribution < -0.4 is 0 Å². The van der Waals surface area contributed by atoms with E-state index in [0.717, 1.165) is 0 Å². The lowest BCUT2D eigenvalue weighted by molar-refractivity contribution is 0.0829. The molecule has 1 N–H and O–H groups in total. The van der Waals surface area contributed by atoms with Gasteiger partial charge in [-0.1, -0.05) is 30.3 Å². The summed E-state index contributed by atoms with van der Waals surface area (Å²) in [6.45, 7) is 3.71. The second-order valence-corrected chi connectivity index (χ2v) is 6.17. The van der Waals surface area contributed by atoms with Crippen LogP contribution in [0.25, 0.3) is 0 Å². The van der Waals surface area contributed by atoms with Crippen molar-refractivity contribution >= 4 is 19.2 Å². The van der Waals surface area contributed by atoms with Gasteiger partial charge in [0.05, 0.1) is 19.1 Å². The molecule has 0 aliphatic rings. The molecule has 0 saturated heterocycles. The highest BCUT2D eigenvalue weighted by molar-refractivity contribution is 7.55. The molecular weight excluding hydrogens is 275 g/mol. The average molecular weight is 293 g/mol. The molecule has 1 unspecified atom stereocenters. The summed E-state index contributed by atoms with van der Waals surface area (Å²) in [5.74, 6) is -0.270. The summed E-state index contributed by atoms with van der Waals surface area (Å²) >= 11 is 5.82. The number of hydrogen-bond donors (Lipinski definition) is 1. The highest BCUT2D eigenvalue weighted by Gasteiger charge is 2.50. The summed E-state index contributed by atoms with van der Waals surface area (Å²) in [5, 5.41) is 8.80. The first-order valence-corrected chi connectivity index (χ1v) is 7.85. The third kappa shape index (κ3) is 2.95. The first kappa shape index (κ1) is 15.7. The van der Waals surface area contributed by atoms with E-state index < -0.39 is 12.9 Å². The van der Waals surface area contributed by atoms with Crippen molar-refractivity contribution in [2.75, 3.05) is 19.1 Å². The van der Waals surface area contributed by atoms with E-state index in [-0.39, 0.29) is 19.1 Å². The summed E-state index contributed by atoms with van der Waals surface area (Å²) in [5.41, 5.74) is 0.422. The van der Waals surface area contributed by atoms with E-state index in [9.17, 15) is 9.67 Å². The van der Waals surface area contributed by atoms with Crippen molar-refractivity contribution in [1.29, 1.82) is 0 Å². The van der Waals surface area contributed by atoms with E-state index in [2.05, 4.69) is 0 Å². The molecule has 0 saturated carbocycles. The van der Waals surface area contributed by atoms with Crippen LogP contribution in [0.3, 0.4) is 0 Å². The van der Waals surface area contributed by atoms with Crippen LogP contribution in [-0.2, 0) is 19.0 Å². The van der Waals surface area contributed by atoms with E-state index >= 15 is 0 Å². The van der Waals surface area contributed by atoms with Gasteiger partial charge in [0.2, 0.25) is 5.34 Å². The minimum Gasteiger partial charge on any atom is -0.372 e. The summed E-state index contributed by atoms with van der Waals surface area (Å²) in [7, 11) is -3.74. The van der Waals surface area contributed by atoms with Crippen LogP contribution in [0.4, 0.5) is 0 Å². The van der Waals surface area contributed by atoms with Gasteiger partial charge in [-0.3, -0.25) is 4.57 Å². The normalized spacial score (nSPS) is 15.3. The summed E-state index contributed by atoms with van der Waals surface area (Å²) in [6.07, 6.45) is 0. The molecule has 4 nitrogen and oxygen atoms in total. The number of hydrogen-bond acceptors (Lipinski definition) is 4. The Morgan fingerprint density at radius 3 is 2.11 bits per heavy atom. The Labute approximate surface area is 112 Å². The molecule has 1 aromatic carbocycles. The van der Waals surface area contributed by atoms with Gasteiger partial charge in [0.1, 0.15) is 0 Å². The third-order valence-electron chi connectivity index (χ3n) is 2.47. The maximum absolute atomic E-state index is 12.7. The molecule has 102 valence electrons. The van der Waals surface area contributed by atoms with Gasteiger partial charge in [0.15, 0.2) is 0 Å². The monoisotopic (exact) mass is 292 g/mol. The molecule has 0 spiro atoms. The molecule has 18 heavy (non-hydrogen) atoms. The number of rotatable bonds is 7. The summed E-state index contributed by atoms with van der Waals surface area (Å²) in [6, 6.07) is 8.55. The summed E-state index contributed by atoms with van der Waals surface area (Å²) in [4.78, 5) is 0. The third-order valence-corrected chi connectivity index (χ3v) is 5.57. The van der Waals surface area contributed by atoms with Crippen molar-refractivity contribution in [3.63, 3.8) is 0 Å². The minimum absolute atomic E-state index is 0.170. The van der Waals surface area contributed by atoms with Gasteiger partial charge in [-0.2, -0.15) is 0 Å². The Morgan fingerprint density at radius 1 is 1.22 bits per heavy atom. The largest absolute Gasteiger partial charge is 0.372 e. The molecule has 0 aromatic heterocycles. The van der Waals surface area contributed by atoms with Crippen molar-refractivity contribution in [1.82, 2.24) is 0 Å². The molecule has 1 rings (SSSR count). The van der Waals surface area contributed by atoms with Gasteiger partial charge in [-0.05, 0) is 19.4 Å². The first-order valence-electron chi connectivity index (χ1n) is 5.77. The average Bonchev–Trinajstić information content (AvgIpc) is 2.39. The molecule has 1 aromatic rings. The number of benzene rings is 1. The minimum atomic E-state index is -3.74. The van der Waals surface area contributed by atoms with Crippen molar-refractivity contribution in [2.45, 2.75) is 19.2 Å². The van der Waals surface area contributed by atoms with Crippen LogP contribution in [0.5, 0.6) is 0 Å². The van der Waals surface area contributed by atoms with Crippen molar-refractivity contribution in [3.05, 3.63) is 35.9 Å². The molecule has 0 aliphatic heterocycles. The molecule has 0 amide bonds. The molecule has 1 atom stereocenters. The van der Waals surface area contributed by atoms with E-state index in [1.165, 1.54) is 0 Å². The zero-order chi connectivity index (χ0) is 13.6. The van der Waals surface area contributed by atoms with Gasteiger partial charge in [0.25, 0.3) is 0 Å². The fraction of sp³-hybridized carbons (Fsp3) is 0.500. The van der Waals surface area contributed by atoms with Crippen LogP contribution in [0.15, 0.2) is 30.3 Å². The maximum atomic E-state index is 12.7. The highest BCUT2D eigenvalue weighted by Crippen LogP contribution is 2.63. The predicted octanol–water partition coefficient (Wildman–Crippen LogP) is 3.34. The molecule has 0 radical (unpaired) electrons. The second kappa shape index (κ2) is 6.69. The Balaban J connectivity index is 3.23. The highest BCUT2D eigenvalue weighted by atomic mass is 35.5. The van der Waals surface area contributed by atoms with Gasteiger partial charge >= 0.3 is 7.60 Å². The Morgan fingerprint density at radius 2 is 1.72 bits per heavy atom. The number of alkyl halides is 1. The van der Waals surface area contributed by atoms with E-state index in [1.807, 2.05) is 0 Å². The Kier molecular flexibility index (Phi) is 5.83. The van der Waals surface area contributed by atoms with E-state index in [1.54, 1.807) is 44.2 Å². The maximum Gasteiger partial charge on any atom is 0.367 e. The van der Waals surface area contributed by atoms with Crippen LogP contribution in [-0.4, -0.2) is 24.2 Å². The SMILES string of the molecule is CCOP(=O)(OCC)C(O)(CCl)c1ccccc1. The Bertz CT molecular complexity index is 402. The zero-order valence-electron chi connectivity index (χ0n) is 10.5. The van der Waals surface area contributed by atoms with E-state index in [0.29, 0.717) is 5.56 Å². The van der Waals surface area contributed by atoms with Crippen LogP contribution in [0.2, 0.25) is 0 Å². The molecule has 0 bridgehead atoms. The standard InChI is InChI=1S/C12H18ClO4P/c1-3-16-18(15,17-4-2)12(14,10-13)11-8-6-5-7-9-11/h5-9,14H,3-4,10H2,1-2H3. The fourth-order valence-corrected chi connectivity index (χ4v) is 3.99. The van der Waals surface area contributed by atoms with Crippen molar-refractivity contribution < 1.29 is 18.7 Å². The van der Waals surface area contributed by atoms with Gasteiger partial charge < -0.3 is 14.2 Å². The number of aliphatic hydroxyl groups is 1. The topological polar surface area (TPSA) is 55.8 Å². The van der Waals surface area contributed by atoms with Crippen molar-refractivity contribution in [2.24, 2.45) is 0 Å². The molecule has 6 heteroatoms. The quantitative estimate of drug-likeness (QED) is 0.618. The molecular formula is C12H18ClO4P. The second-order valence-electron chi connectivity index (χ2n) is 3.65. The van der Waals surface area contributed by atoms with Crippen molar-refractivity contribution in [3.8, 4) is 0 Å². The summed E-state index contributed by atoms with van der Waals surface area (Å²) < 4.78 is 23.0. The zero-order valence-corrected chi connectivity index (χ0v) is 12.2. The smallest absolute Gasteiger partial charge is 0.367 e.